The molecule has 2 rings (SSSR count). The molecule has 0 spiro atoms. The molecule has 1 amide bonds. The number of fused-ring (bicyclic) bond motifs is 1. The van der Waals surface area contributed by atoms with Crippen molar-refractivity contribution >= 4 is 28.6 Å². The number of nitrogens with zero attached hydrogens (tertiary/aromatic N) is 2. The van der Waals surface area contributed by atoms with Gasteiger partial charge in [0.05, 0.1) is 22.8 Å². The van der Waals surface area contributed by atoms with Gasteiger partial charge in [0.15, 0.2) is 5.16 Å². The molecule has 1 heterocycles. The molecule has 0 aliphatic heterocycles. The number of benzene rings is 1. The second-order valence-electron chi connectivity index (χ2n) is 5.76. The number of carbonyl (C=O) groups is 1. The van der Waals surface area contributed by atoms with Gasteiger partial charge in [-0.05, 0) is 25.5 Å². The maximum absolute atomic E-state index is 12.9. The minimum Gasteiger partial charge on any atom is -0.385 e. The van der Waals surface area contributed by atoms with Crippen LogP contribution in [0, 0.1) is 0 Å². The number of para-hydroxylation sites is 1. The topological polar surface area (TPSA) is 82.4 Å². The molecule has 1 aromatic carbocycles. The number of nitrogens with one attached hydrogen (secondary N) is 1. The van der Waals surface area contributed by atoms with E-state index in [0.717, 1.165) is 0 Å². The second kappa shape index (κ2) is 10.3. The van der Waals surface area contributed by atoms with Crippen molar-refractivity contribution in [2.75, 3.05) is 34.0 Å². The summed E-state index contributed by atoms with van der Waals surface area (Å²) in [4.78, 5) is 29.7. The Labute approximate surface area is 157 Å². The highest BCUT2D eigenvalue weighted by atomic mass is 32.2. The highest BCUT2D eigenvalue weighted by Gasteiger charge is 2.19. The summed E-state index contributed by atoms with van der Waals surface area (Å²) in [6.07, 6.45) is 0.693. The SMILES string of the molecule is COCCCn1c(S[C@H](C)C(=O)NCCOC)nc2ccccc2c1=O. The van der Waals surface area contributed by atoms with Crippen molar-refractivity contribution in [2.24, 2.45) is 0 Å². The van der Waals surface area contributed by atoms with Crippen LogP contribution < -0.4 is 10.9 Å². The van der Waals surface area contributed by atoms with E-state index in [4.69, 9.17) is 9.47 Å². The minimum absolute atomic E-state index is 0.0961. The zero-order chi connectivity index (χ0) is 18.9. The van der Waals surface area contributed by atoms with Crippen LogP contribution in [0.4, 0.5) is 0 Å². The van der Waals surface area contributed by atoms with E-state index in [9.17, 15) is 9.59 Å². The summed E-state index contributed by atoms with van der Waals surface area (Å²) in [5.41, 5.74) is 0.538. The van der Waals surface area contributed by atoms with Crippen molar-refractivity contribution in [1.29, 1.82) is 0 Å². The molecule has 0 saturated carbocycles. The lowest BCUT2D eigenvalue weighted by atomic mass is 10.2. The molecule has 1 atom stereocenters. The normalized spacial score (nSPS) is 12.3. The summed E-state index contributed by atoms with van der Waals surface area (Å²) in [6, 6.07) is 7.25. The average Bonchev–Trinajstić information content (AvgIpc) is 2.64. The van der Waals surface area contributed by atoms with Crippen LogP contribution in [0.1, 0.15) is 13.3 Å². The van der Waals surface area contributed by atoms with Crippen LogP contribution in [0.15, 0.2) is 34.2 Å². The van der Waals surface area contributed by atoms with E-state index in [-0.39, 0.29) is 16.7 Å². The summed E-state index contributed by atoms with van der Waals surface area (Å²) in [6.45, 7) is 3.75. The Morgan fingerprint density at radius 2 is 2.00 bits per heavy atom. The first-order valence-electron chi connectivity index (χ1n) is 8.50. The van der Waals surface area contributed by atoms with Gasteiger partial charge in [-0.3, -0.25) is 14.2 Å². The van der Waals surface area contributed by atoms with Gasteiger partial charge < -0.3 is 14.8 Å². The molecular formula is C18H25N3O4S. The first-order chi connectivity index (χ1) is 12.6. The standard InChI is InChI=1S/C18H25N3O4S/c1-13(16(22)19-9-12-25-3)26-18-20-15-8-5-4-7-14(15)17(23)21(18)10-6-11-24-2/h4-5,7-8,13H,6,9-12H2,1-3H3,(H,19,22)/t13-/m1/s1. The van der Waals surface area contributed by atoms with E-state index in [1.807, 2.05) is 18.2 Å². The van der Waals surface area contributed by atoms with Crippen molar-refractivity contribution in [1.82, 2.24) is 14.9 Å². The lowest BCUT2D eigenvalue weighted by molar-refractivity contribution is -0.120. The predicted octanol–water partition coefficient (Wildman–Crippen LogP) is 1.68. The molecule has 0 saturated heterocycles. The van der Waals surface area contributed by atoms with Gasteiger partial charge in [0.1, 0.15) is 0 Å². The molecule has 1 aromatic heterocycles. The number of ether oxygens (including phenoxy) is 2. The summed E-state index contributed by atoms with van der Waals surface area (Å²) < 4.78 is 11.7. The van der Waals surface area contributed by atoms with Gasteiger partial charge in [-0.25, -0.2) is 4.98 Å². The fourth-order valence-electron chi connectivity index (χ4n) is 2.43. The van der Waals surface area contributed by atoms with Crippen molar-refractivity contribution in [2.45, 2.75) is 30.3 Å². The van der Waals surface area contributed by atoms with Crippen LogP contribution in [-0.2, 0) is 20.8 Å². The number of methoxy groups -OCH3 is 2. The third-order valence-corrected chi connectivity index (χ3v) is 4.90. The molecule has 2 aromatic rings. The first kappa shape index (κ1) is 20.4. The van der Waals surface area contributed by atoms with Crippen LogP contribution in [0.25, 0.3) is 10.9 Å². The van der Waals surface area contributed by atoms with Crippen LogP contribution in [-0.4, -0.2) is 54.7 Å². The number of aromatic nitrogens is 2. The zero-order valence-electron chi connectivity index (χ0n) is 15.4. The van der Waals surface area contributed by atoms with Crippen molar-refractivity contribution in [3.8, 4) is 0 Å². The smallest absolute Gasteiger partial charge is 0.262 e. The lowest BCUT2D eigenvalue weighted by Gasteiger charge is -2.16. The second-order valence-corrected chi connectivity index (χ2v) is 7.07. The van der Waals surface area contributed by atoms with E-state index >= 15 is 0 Å². The highest BCUT2D eigenvalue weighted by molar-refractivity contribution is 8.00. The third-order valence-electron chi connectivity index (χ3n) is 3.81. The van der Waals surface area contributed by atoms with Crippen molar-refractivity contribution < 1.29 is 14.3 Å². The zero-order valence-corrected chi connectivity index (χ0v) is 16.2. The van der Waals surface area contributed by atoms with Gasteiger partial charge in [0, 0.05) is 33.9 Å². The number of carbonyl (C=O) groups excluding carboxylic acids is 1. The molecule has 0 unspecified atom stereocenters. The fourth-order valence-corrected chi connectivity index (χ4v) is 3.39. The van der Waals surface area contributed by atoms with Gasteiger partial charge in [-0.2, -0.15) is 0 Å². The summed E-state index contributed by atoms with van der Waals surface area (Å²) >= 11 is 1.28. The largest absolute Gasteiger partial charge is 0.385 e. The molecule has 142 valence electrons. The molecule has 0 aliphatic carbocycles. The Kier molecular flexibility index (Phi) is 8.08. The van der Waals surface area contributed by atoms with E-state index in [1.54, 1.807) is 31.8 Å². The van der Waals surface area contributed by atoms with Gasteiger partial charge in [-0.1, -0.05) is 23.9 Å². The molecule has 7 nitrogen and oxygen atoms in total. The maximum atomic E-state index is 12.9. The number of thioether (sulfide) groups is 1. The number of rotatable bonds is 10. The van der Waals surface area contributed by atoms with E-state index < -0.39 is 0 Å². The molecule has 0 fully saturated rings. The molecule has 0 radical (unpaired) electrons. The van der Waals surface area contributed by atoms with Crippen LogP contribution in [0.5, 0.6) is 0 Å². The Bertz CT molecular complexity index is 794. The van der Waals surface area contributed by atoms with Gasteiger partial charge in [0.25, 0.3) is 5.56 Å². The molecular weight excluding hydrogens is 354 g/mol. The quantitative estimate of drug-likeness (QED) is 0.384. The number of hydrogen-bond acceptors (Lipinski definition) is 6. The Balaban J connectivity index is 2.27. The fraction of sp³-hybridized carbons (Fsp3) is 0.500. The molecule has 0 bridgehead atoms. The van der Waals surface area contributed by atoms with E-state index in [2.05, 4.69) is 10.3 Å². The maximum Gasteiger partial charge on any atom is 0.262 e. The highest BCUT2D eigenvalue weighted by Crippen LogP contribution is 2.22. The molecule has 0 aliphatic rings. The molecule has 8 heteroatoms. The van der Waals surface area contributed by atoms with Gasteiger partial charge >= 0.3 is 0 Å². The van der Waals surface area contributed by atoms with E-state index in [1.165, 1.54) is 11.8 Å². The summed E-state index contributed by atoms with van der Waals surface area (Å²) in [5.74, 6) is -0.113. The van der Waals surface area contributed by atoms with Gasteiger partial charge in [-0.15, -0.1) is 0 Å². The molecule has 1 N–H and O–H groups in total. The Morgan fingerprint density at radius 1 is 1.27 bits per heavy atom. The van der Waals surface area contributed by atoms with Crippen LogP contribution in [0.2, 0.25) is 0 Å². The first-order valence-corrected chi connectivity index (χ1v) is 9.38. The monoisotopic (exact) mass is 379 g/mol. The number of hydrogen-bond donors (Lipinski definition) is 1. The third kappa shape index (κ3) is 5.30. The summed E-state index contributed by atoms with van der Waals surface area (Å²) in [5, 5.41) is 3.54. The molecule has 26 heavy (non-hydrogen) atoms. The Hall–Kier alpha value is -1.90. The average molecular weight is 379 g/mol. The van der Waals surface area contributed by atoms with Crippen molar-refractivity contribution in [3.05, 3.63) is 34.6 Å². The summed E-state index contributed by atoms with van der Waals surface area (Å²) in [7, 11) is 3.21. The van der Waals surface area contributed by atoms with Gasteiger partial charge in [0.2, 0.25) is 5.91 Å². The Morgan fingerprint density at radius 3 is 2.73 bits per heavy atom. The predicted molar refractivity (Wildman–Crippen MR) is 103 cm³/mol. The van der Waals surface area contributed by atoms with Crippen LogP contribution in [0.3, 0.4) is 0 Å². The van der Waals surface area contributed by atoms with Crippen molar-refractivity contribution in [3.63, 3.8) is 0 Å². The minimum atomic E-state index is -0.381. The number of amides is 1. The lowest BCUT2D eigenvalue weighted by Crippen LogP contribution is -2.34. The van der Waals surface area contributed by atoms with E-state index in [0.29, 0.717) is 48.8 Å². The van der Waals surface area contributed by atoms with Crippen LogP contribution >= 0.6 is 11.8 Å².